The topological polar surface area (TPSA) is 99.4 Å². The van der Waals surface area contributed by atoms with Crippen molar-refractivity contribution in [3.05, 3.63) is 24.3 Å². The van der Waals surface area contributed by atoms with Crippen molar-refractivity contribution in [2.24, 2.45) is 5.92 Å². The molecule has 0 spiro atoms. The van der Waals surface area contributed by atoms with Gasteiger partial charge in [-0.3, -0.25) is 0 Å². The zero-order valence-electron chi connectivity index (χ0n) is 13.6. The van der Waals surface area contributed by atoms with Crippen LogP contribution in [0.4, 0.5) is 0 Å². The molecule has 5 unspecified atom stereocenters. The van der Waals surface area contributed by atoms with Gasteiger partial charge in [0.15, 0.2) is 6.29 Å². The predicted molar refractivity (Wildman–Crippen MR) is 82.0 cm³/mol. The molecule has 1 fully saturated rings. The maximum absolute atomic E-state index is 10.0. The highest BCUT2D eigenvalue weighted by Crippen LogP contribution is 2.31. The highest BCUT2D eigenvalue weighted by molar-refractivity contribution is 5.09. The van der Waals surface area contributed by atoms with Gasteiger partial charge in [-0.05, 0) is 27.7 Å². The van der Waals surface area contributed by atoms with Crippen LogP contribution in [-0.4, -0.2) is 63.3 Å². The Balaban J connectivity index is 2.90. The molecule has 6 heteroatoms. The Kier molecular flexibility index (Phi) is 6.73. The Morgan fingerprint density at radius 3 is 2.27 bits per heavy atom. The summed E-state index contributed by atoms with van der Waals surface area (Å²) in [6, 6.07) is 0. The van der Waals surface area contributed by atoms with Crippen molar-refractivity contribution < 1.29 is 29.9 Å². The summed E-state index contributed by atoms with van der Waals surface area (Å²) in [6.45, 7) is 10.9. The molecule has 0 bridgehead atoms. The molecule has 0 aliphatic carbocycles. The summed E-state index contributed by atoms with van der Waals surface area (Å²) in [5, 5.41) is 38.8. The fourth-order valence-corrected chi connectivity index (χ4v) is 2.45. The molecule has 0 aromatic rings. The van der Waals surface area contributed by atoms with Crippen LogP contribution in [0, 0.1) is 5.92 Å². The second kappa shape index (κ2) is 7.68. The van der Waals surface area contributed by atoms with Gasteiger partial charge in [0.2, 0.25) is 0 Å². The van der Waals surface area contributed by atoms with E-state index in [1.54, 1.807) is 6.08 Å². The van der Waals surface area contributed by atoms with E-state index >= 15 is 0 Å². The lowest BCUT2D eigenvalue weighted by Gasteiger charge is -2.43. The van der Waals surface area contributed by atoms with Crippen LogP contribution in [-0.2, 0) is 9.47 Å². The molecule has 6 nitrogen and oxygen atoms in total. The minimum absolute atomic E-state index is 0.134. The lowest BCUT2D eigenvalue weighted by atomic mass is 9.88. The molecule has 1 aliphatic heterocycles. The number of aliphatic hydroxyl groups is 4. The first-order valence-electron chi connectivity index (χ1n) is 7.40. The van der Waals surface area contributed by atoms with Crippen LogP contribution in [0.2, 0.25) is 0 Å². The van der Waals surface area contributed by atoms with Gasteiger partial charge >= 0.3 is 0 Å². The monoisotopic (exact) mass is 316 g/mol. The summed E-state index contributed by atoms with van der Waals surface area (Å²) in [6.07, 6.45) is -2.67. The fourth-order valence-electron chi connectivity index (χ4n) is 2.45. The SMILES string of the molecule is C=C[C@@H](C=C(C)C)C(C)(C)OC1OC(CO)C(O)C(O)C1O. The van der Waals surface area contributed by atoms with E-state index in [4.69, 9.17) is 9.47 Å². The lowest BCUT2D eigenvalue weighted by Crippen LogP contribution is -2.60. The van der Waals surface area contributed by atoms with Crippen LogP contribution >= 0.6 is 0 Å². The van der Waals surface area contributed by atoms with Gasteiger partial charge in [-0.1, -0.05) is 17.7 Å². The first-order valence-corrected chi connectivity index (χ1v) is 7.40. The molecule has 4 N–H and O–H groups in total. The fraction of sp³-hybridized carbons (Fsp3) is 0.750. The summed E-state index contributed by atoms with van der Waals surface area (Å²) in [4.78, 5) is 0. The van der Waals surface area contributed by atoms with Crippen LogP contribution in [0.1, 0.15) is 27.7 Å². The van der Waals surface area contributed by atoms with Crippen LogP contribution in [0.15, 0.2) is 24.3 Å². The Hall–Kier alpha value is -0.760. The molecule has 1 aliphatic rings. The van der Waals surface area contributed by atoms with Gasteiger partial charge < -0.3 is 29.9 Å². The molecule has 1 heterocycles. The van der Waals surface area contributed by atoms with Crippen molar-refractivity contribution >= 4 is 0 Å². The summed E-state index contributed by atoms with van der Waals surface area (Å²) >= 11 is 0. The minimum Gasteiger partial charge on any atom is -0.394 e. The molecular weight excluding hydrogens is 288 g/mol. The Labute approximate surface area is 131 Å². The Morgan fingerprint density at radius 1 is 1.23 bits per heavy atom. The molecule has 1 saturated heterocycles. The third-order valence-corrected chi connectivity index (χ3v) is 3.84. The first-order chi connectivity index (χ1) is 10.1. The van der Waals surface area contributed by atoms with E-state index in [2.05, 4.69) is 6.58 Å². The Morgan fingerprint density at radius 2 is 1.82 bits per heavy atom. The van der Waals surface area contributed by atoms with Crippen molar-refractivity contribution in [2.75, 3.05) is 6.61 Å². The van der Waals surface area contributed by atoms with Crippen LogP contribution in [0.25, 0.3) is 0 Å². The standard InChI is InChI=1S/C16H28O6/c1-6-10(7-9(2)3)16(4,5)22-15-14(20)13(19)12(18)11(8-17)21-15/h6-7,10-15,17-20H,1,8H2,2-5H3/t10-,11?,12?,13?,14?,15?/m0/s1. The molecule has 128 valence electrons. The quantitative estimate of drug-likeness (QED) is 0.528. The maximum atomic E-state index is 10.0. The Bertz CT molecular complexity index is 399. The van der Waals surface area contributed by atoms with Crippen molar-refractivity contribution in [3.63, 3.8) is 0 Å². The average Bonchev–Trinajstić information content (AvgIpc) is 2.44. The number of hydrogen-bond donors (Lipinski definition) is 4. The van der Waals surface area contributed by atoms with E-state index < -0.39 is 42.9 Å². The highest BCUT2D eigenvalue weighted by atomic mass is 16.7. The predicted octanol–water partition coefficient (Wildman–Crippen LogP) is 0.350. The average molecular weight is 316 g/mol. The van der Waals surface area contributed by atoms with Gasteiger partial charge in [0, 0.05) is 5.92 Å². The smallest absolute Gasteiger partial charge is 0.187 e. The largest absolute Gasteiger partial charge is 0.394 e. The second-order valence-corrected chi connectivity index (χ2v) is 6.42. The zero-order valence-corrected chi connectivity index (χ0v) is 13.6. The second-order valence-electron chi connectivity index (χ2n) is 6.42. The molecule has 0 aromatic heterocycles. The van der Waals surface area contributed by atoms with Crippen molar-refractivity contribution in [3.8, 4) is 0 Å². The molecule has 0 amide bonds. The van der Waals surface area contributed by atoms with E-state index in [9.17, 15) is 20.4 Å². The highest BCUT2D eigenvalue weighted by Gasteiger charge is 2.46. The molecule has 0 aromatic carbocycles. The third kappa shape index (κ3) is 4.38. The zero-order chi connectivity index (χ0) is 17.1. The van der Waals surface area contributed by atoms with E-state index in [1.165, 1.54) is 0 Å². The number of ether oxygens (including phenoxy) is 2. The van der Waals surface area contributed by atoms with E-state index in [0.717, 1.165) is 5.57 Å². The maximum Gasteiger partial charge on any atom is 0.187 e. The minimum atomic E-state index is -1.45. The van der Waals surface area contributed by atoms with Crippen molar-refractivity contribution in [1.29, 1.82) is 0 Å². The lowest BCUT2D eigenvalue weighted by molar-refractivity contribution is -0.325. The summed E-state index contributed by atoms with van der Waals surface area (Å²) < 4.78 is 11.2. The van der Waals surface area contributed by atoms with Gasteiger partial charge in [0.1, 0.15) is 24.4 Å². The number of hydrogen-bond acceptors (Lipinski definition) is 6. The van der Waals surface area contributed by atoms with Crippen molar-refractivity contribution in [1.82, 2.24) is 0 Å². The van der Waals surface area contributed by atoms with Gasteiger partial charge in [0.05, 0.1) is 12.2 Å². The number of rotatable bonds is 6. The summed E-state index contributed by atoms with van der Waals surface area (Å²) in [5.41, 5.74) is 0.336. The molecule has 0 radical (unpaired) electrons. The van der Waals surface area contributed by atoms with E-state index in [-0.39, 0.29) is 5.92 Å². The molecule has 22 heavy (non-hydrogen) atoms. The van der Waals surface area contributed by atoms with Crippen LogP contribution in [0.3, 0.4) is 0 Å². The number of allylic oxidation sites excluding steroid dienone is 1. The van der Waals surface area contributed by atoms with Crippen molar-refractivity contribution in [2.45, 2.75) is 64.0 Å². The van der Waals surface area contributed by atoms with Gasteiger partial charge in [0.25, 0.3) is 0 Å². The molecule has 6 atom stereocenters. The van der Waals surface area contributed by atoms with Gasteiger partial charge in [-0.2, -0.15) is 0 Å². The molecule has 1 rings (SSSR count). The first kappa shape index (κ1) is 19.3. The summed E-state index contributed by atoms with van der Waals surface area (Å²) in [5.74, 6) is -0.134. The molecular formula is C16H28O6. The van der Waals surface area contributed by atoms with Crippen LogP contribution in [0.5, 0.6) is 0 Å². The normalized spacial score (nSPS) is 34.1. The summed E-state index contributed by atoms with van der Waals surface area (Å²) in [7, 11) is 0. The number of aliphatic hydroxyl groups excluding tert-OH is 4. The van der Waals surface area contributed by atoms with E-state index in [1.807, 2.05) is 33.8 Å². The van der Waals surface area contributed by atoms with E-state index in [0.29, 0.717) is 0 Å². The third-order valence-electron chi connectivity index (χ3n) is 3.84. The molecule has 0 saturated carbocycles. The van der Waals surface area contributed by atoms with Gasteiger partial charge in [-0.15, -0.1) is 6.58 Å². The van der Waals surface area contributed by atoms with Crippen LogP contribution < -0.4 is 0 Å². The van der Waals surface area contributed by atoms with Gasteiger partial charge in [-0.25, -0.2) is 0 Å².